The Kier molecular flexibility index (Phi) is 6.80. The molecule has 2 N–H and O–H groups in total. The fourth-order valence-corrected chi connectivity index (χ4v) is 2.55. The van der Waals surface area contributed by atoms with Gasteiger partial charge in [-0.05, 0) is 30.9 Å². The zero-order valence-corrected chi connectivity index (χ0v) is 12.9. The molecule has 0 aliphatic rings. The molecule has 0 aliphatic heterocycles. The predicted molar refractivity (Wildman–Crippen MR) is 81.6 cm³/mol. The molecular weight excluding hydrogens is 280 g/mol. The molecule has 1 rings (SSSR count). The van der Waals surface area contributed by atoms with Crippen LogP contribution in [-0.4, -0.2) is 30.5 Å². The molecule has 0 heterocycles. The van der Waals surface area contributed by atoms with Crippen LogP contribution >= 0.6 is 23.5 Å². The van der Waals surface area contributed by atoms with E-state index in [4.69, 9.17) is 0 Å². The summed E-state index contributed by atoms with van der Waals surface area (Å²) in [6.07, 6.45) is 2.04. The van der Waals surface area contributed by atoms with Gasteiger partial charge in [-0.15, -0.1) is 23.5 Å². The highest BCUT2D eigenvalue weighted by Gasteiger charge is 2.15. The SMILES string of the molecule is CNC(=O)NC(=O)C(C)SCc1ccc(SC)cc1. The van der Waals surface area contributed by atoms with Crippen LogP contribution in [0.5, 0.6) is 0 Å². The van der Waals surface area contributed by atoms with Gasteiger partial charge < -0.3 is 5.32 Å². The number of hydrogen-bond donors (Lipinski definition) is 2. The van der Waals surface area contributed by atoms with Crippen LogP contribution in [0.4, 0.5) is 4.79 Å². The van der Waals surface area contributed by atoms with Crippen LogP contribution in [-0.2, 0) is 10.5 Å². The molecule has 1 atom stereocenters. The minimum absolute atomic E-state index is 0.266. The minimum atomic E-state index is -0.471. The van der Waals surface area contributed by atoms with Crippen molar-refractivity contribution < 1.29 is 9.59 Å². The van der Waals surface area contributed by atoms with Crippen molar-refractivity contribution in [3.05, 3.63) is 29.8 Å². The summed E-state index contributed by atoms with van der Waals surface area (Å²) in [4.78, 5) is 23.9. The zero-order valence-electron chi connectivity index (χ0n) is 11.2. The third-order valence-electron chi connectivity index (χ3n) is 2.49. The van der Waals surface area contributed by atoms with Crippen LogP contribution in [0.3, 0.4) is 0 Å². The maximum Gasteiger partial charge on any atom is 0.321 e. The maximum absolute atomic E-state index is 11.6. The monoisotopic (exact) mass is 298 g/mol. The van der Waals surface area contributed by atoms with Crippen molar-refractivity contribution in [1.82, 2.24) is 10.6 Å². The summed E-state index contributed by atoms with van der Waals surface area (Å²) in [5, 5.41) is 4.36. The van der Waals surface area contributed by atoms with Gasteiger partial charge in [-0.2, -0.15) is 0 Å². The van der Waals surface area contributed by atoms with E-state index in [1.807, 2.05) is 6.26 Å². The highest BCUT2D eigenvalue weighted by atomic mass is 32.2. The third kappa shape index (κ3) is 5.57. The molecule has 1 aromatic rings. The molecule has 0 fully saturated rings. The molecular formula is C13H18N2O2S2. The fraction of sp³-hybridized carbons (Fsp3) is 0.385. The topological polar surface area (TPSA) is 58.2 Å². The van der Waals surface area contributed by atoms with E-state index in [-0.39, 0.29) is 11.2 Å². The Morgan fingerprint density at radius 3 is 2.42 bits per heavy atom. The number of carbonyl (C=O) groups excluding carboxylic acids is 2. The summed E-state index contributed by atoms with van der Waals surface area (Å²) in [6.45, 7) is 1.79. The van der Waals surface area contributed by atoms with Gasteiger partial charge in [0, 0.05) is 17.7 Å². The lowest BCUT2D eigenvalue weighted by Gasteiger charge is -2.11. The van der Waals surface area contributed by atoms with Crippen molar-refractivity contribution in [2.75, 3.05) is 13.3 Å². The van der Waals surface area contributed by atoms with Gasteiger partial charge in [0.05, 0.1) is 5.25 Å². The molecule has 1 unspecified atom stereocenters. The van der Waals surface area contributed by atoms with Crippen LogP contribution in [0.1, 0.15) is 12.5 Å². The summed E-state index contributed by atoms with van der Waals surface area (Å²) in [5.41, 5.74) is 1.17. The highest BCUT2D eigenvalue weighted by molar-refractivity contribution is 7.99. The van der Waals surface area contributed by atoms with Gasteiger partial charge in [0.1, 0.15) is 0 Å². The van der Waals surface area contributed by atoms with Crippen molar-refractivity contribution in [3.8, 4) is 0 Å². The first-order chi connectivity index (χ1) is 9.06. The van der Waals surface area contributed by atoms with Crippen molar-refractivity contribution in [3.63, 3.8) is 0 Å². The zero-order chi connectivity index (χ0) is 14.3. The smallest absolute Gasteiger partial charge is 0.321 e. The van der Waals surface area contributed by atoms with Gasteiger partial charge in [0.25, 0.3) is 0 Å². The normalized spacial score (nSPS) is 11.7. The van der Waals surface area contributed by atoms with E-state index >= 15 is 0 Å². The highest BCUT2D eigenvalue weighted by Crippen LogP contribution is 2.20. The lowest BCUT2D eigenvalue weighted by molar-refractivity contribution is -0.119. The first-order valence-electron chi connectivity index (χ1n) is 5.84. The van der Waals surface area contributed by atoms with Crippen LogP contribution in [0.15, 0.2) is 29.2 Å². The van der Waals surface area contributed by atoms with Crippen molar-refractivity contribution >= 4 is 35.5 Å². The van der Waals surface area contributed by atoms with Gasteiger partial charge >= 0.3 is 6.03 Å². The molecule has 1 aromatic carbocycles. The number of rotatable bonds is 5. The molecule has 0 saturated carbocycles. The van der Waals surface area contributed by atoms with Crippen LogP contribution in [0.25, 0.3) is 0 Å². The molecule has 0 aromatic heterocycles. The second-order valence-corrected chi connectivity index (χ2v) is 6.08. The van der Waals surface area contributed by atoms with E-state index < -0.39 is 6.03 Å². The summed E-state index contributed by atoms with van der Waals surface area (Å²) in [6, 6.07) is 7.78. The Hall–Kier alpha value is -1.14. The first kappa shape index (κ1) is 15.9. The van der Waals surface area contributed by atoms with E-state index in [1.165, 1.54) is 29.3 Å². The quantitative estimate of drug-likeness (QED) is 0.820. The Balaban J connectivity index is 2.42. The summed E-state index contributed by atoms with van der Waals surface area (Å²) < 4.78 is 0. The number of imide groups is 1. The maximum atomic E-state index is 11.6. The van der Waals surface area contributed by atoms with E-state index in [2.05, 4.69) is 34.9 Å². The summed E-state index contributed by atoms with van der Waals surface area (Å²) in [7, 11) is 1.48. The standard InChI is InChI=1S/C13H18N2O2S2/c1-9(12(16)15-13(17)14-2)19-8-10-4-6-11(18-3)7-5-10/h4-7,9H,8H2,1-3H3,(H2,14,15,16,17). The summed E-state index contributed by atoms with van der Waals surface area (Å²) in [5.74, 6) is 0.474. The Labute approximate surface area is 122 Å². The van der Waals surface area contributed by atoms with Gasteiger partial charge in [-0.25, -0.2) is 4.79 Å². The van der Waals surface area contributed by atoms with Crippen molar-refractivity contribution in [2.24, 2.45) is 0 Å². The van der Waals surface area contributed by atoms with E-state index in [0.717, 1.165) is 5.75 Å². The van der Waals surface area contributed by atoms with Gasteiger partial charge in [0.2, 0.25) is 5.91 Å². The number of hydrogen-bond acceptors (Lipinski definition) is 4. The molecule has 19 heavy (non-hydrogen) atoms. The Morgan fingerprint density at radius 1 is 1.26 bits per heavy atom. The average molecular weight is 298 g/mol. The number of thioether (sulfide) groups is 2. The number of urea groups is 1. The predicted octanol–water partition coefficient (Wildman–Crippen LogP) is 2.49. The molecule has 4 nitrogen and oxygen atoms in total. The summed E-state index contributed by atoms with van der Waals surface area (Å²) >= 11 is 3.21. The van der Waals surface area contributed by atoms with Crippen LogP contribution < -0.4 is 10.6 Å². The molecule has 3 amide bonds. The van der Waals surface area contributed by atoms with Crippen LogP contribution in [0.2, 0.25) is 0 Å². The lowest BCUT2D eigenvalue weighted by atomic mass is 10.2. The molecule has 0 aliphatic carbocycles. The van der Waals surface area contributed by atoms with Crippen LogP contribution in [0, 0.1) is 0 Å². The molecule has 0 radical (unpaired) electrons. The second kappa shape index (κ2) is 8.12. The van der Waals surface area contributed by atoms with Crippen molar-refractivity contribution in [1.29, 1.82) is 0 Å². The van der Waals surface area contributed by atoms with Gasteiger partial charge in [-0.3, -0.25) is 10.1 Å². The first-order valence-corrected chi connectivity index (χ1v) is 8.11. The van der Waals surface area contributed by atoms with E-state index in [0.29, 0.717) is 0 Å². The minimum Gasteiger partial charge on any atom is -0.341 e. The average Bonchev–Trinajstić information content (AvgIpc) is 2.44. The second-order valence-electron chi connectivity index (χ2n) is 3.87. The van der Waals surface area contributed by atoms with E-state index in [1.54, 1.807) is 18.7 Å². The third-order valence-corrected chi connectivity index (χ3v) is 4.45. The van der Waals surface area contributed by atoms with Gasteiger partial charge in [0.15, 0.2) is 0 Å². The lowest BCUT2D eigenvalue weighted by Crippen LogP contribution is -2.41. The number of nitrogens with one attached hydrogen (secondary N) is 2. The number of amides is 3. The Morgan fingerprint density at radius 2 is 1.89 bits per heavy atom. The molecule has 0 saturated heterocycles. The Bertz CT molecular complexity index is 435. The molecule has 0 spiro atoms. The van der Waals surface area contributed by atoms with Gasteiger partial charge in [-0.1, -0.05) is 12.1 Å². The molecule has 6 heteroatoms. The number of carbonyl (C=O) groups is 2. The largest absolute Gasteiger partial charge is 0.341 e. The number of benzene rings is 1. The molecule has 0 bridgehead atoms. The van der Waals surface area contributed by atoms with E-state index in [9.17, 15) is 9.59 Å². The van der Waals surface area contributed by atoms with Crippen molar-refractivity contribution in [2.45, 2.75) is 22.8 Å². The fourth-order valence-electron chi connectivity index (χ4n) is 1.29. The molecule has 104 valence electrons.